The van der Waals surface area contributed by atoms with Gasteiger partial charge in [-0.2, -0.15) is 0 Å². The van der Waals surface area contributed by atoms with Crippen molar-refractivity contribution in [3.05, 3.63) is 119 Å². The van der Waals surface area contributed by atoms with Crippen molar-refractivity contribution < 1.29 is 24.2 Å². The molecule has 5 rings (SSSR count). The van der Waals surface area contributed by atoms with Gasteiger partial charge in [-0.25, -0.2) is 0 Å². The van der Waals surface area contributed by atoms with Gasteiger partial charge in [-0.15, -0.1) is 11.8 Å². The molecule has 0 spiro atoms. The molecule has 1 fully saturated rings. The number of halogens is 3. The van der Waals surface area contributed by atoms with Crippen molar-refractivity contribution >= 4 is 64.1 Å². The SMILES string of the molecule is CC(=O)Nc1ccc(SC[C@H]2O[C@@H](c3ccc(-c4cccc(CNC(=O)C(Cl)(Cl)Cl)c4)cc3)O[C@@H](c3ccc(CO)cc3)[C@H]2C)cc1. The maximum absolute atomic E-state index is 12.0. The number of rotatable bonds is 10. The minimum atomic E-state index is -2.02. The molecule has 2 amide bonds. The van der Waals surface area contributed by atoms with E-state index in [4.69, 9.17) is 44.3 Å². The van der Waals surface area contributed by atoms with Gasteiger partial charge in [0.15, 0.2) is 6.29 Å². The summed E-state index contributed by atoms with van der Waals surface area (Å²) in [5.41, 5.74) is 6.32. The van der Waals surface area contributed by atoms with Crippen LogP contribution in [0.4, 0.5) is 5.69 Å². The zero-order valence-corrected chi connectivity index (χ0v) is 28.9. The zero-order chi connectivity index (χ0) is 33.6. The van der Waals surface area contributed by atoms with Crippen molar-refractivity contribution in [3.8, 4) is 11.1 Å². The van der Waals surface area contributed by atoms with Crippen molar-refractivity contribution in [2.24, 2.45) is 5.92 Å². The summed E-state index contributed by atoms with van der Waals surface area (Å²) in [7, 11) is 0. The molecule has 246 valence electrons. The maximum atomic E-state index is 12.0. The summed E-state index contributed by atoms with van der Waals surface area (Å²) >= 11 is 18.7. The molecule has 0 bridgehead atoms. The van der Waals surface area contributed by atoms with Crippen LogP contribution in [0, 0.1) is 5.92 Å². The Balaban J connectivity index is 1.33. The number of amides is 2. The fourth-order valence-corrected chi connectivity index (χ4v) is 6.57. The molecule has 0 unspecified atom stereocenters. The molecule has 4 atom stereocenters. The molecule has 4 aromatic rings. The Morgan fingerprint density at radius 2 is 1.53 bits per heavy atom. The first kappa shape index (κ1) is 35.2. The van der Waals surface area contributed by atoms with E-state index in [0.717, 1.165) is 44.0 Å². The number of hydrogen-bond donors (Lipinski definition) is 3. The number of ether oxygens (including phenoxy) is 2. The number of benzene rings is 4. The number of aliphatic hydroxyl groups is 1. The van der Waals surface area contributed by atoms with Crippen LogP contribution in [0.25, 0.3) is 11.1 Å². The van der Waals surface area contributed by atoms with Crippen molar-refractivity contribution in [2.75, 3.05) is 11.1 Å². The van der Waals surface area contributed by atoms with Crippen molar-refractivity contribution in [3.63, 3.8) is 0 Å². The molecule has 4 aromatic carbocycles. The smallest absolute Gasteiger partial charge is 0.272 e. The third kappa shape index (κ3) is 9.51. The second-order valence-corrected chi connectivity index (χ2v) is 14.7. The molecule has 3 N–H and O–H groups in total. The summed E-state index contributed by atoms with van der Waals surface area (Å²) in [6, 6.07) is 31.4. The third-order valence-electron chi connectivity index (χ3n) is 7.87. The summed E-state index contributed by atoms with van der Waals surface area (Å²) in [5, 5.41) is 15.0. The lowest BCUT2D eigenvalue weighted by molar-refractivity contribution is -0.268. The van der Waals surface area contributed by atoms with E-state index in [9.17, 15) is 14.7 Å². The lowest BCUT2D eigenvalue weighted by atomic mass is 9.91. The van der Waals surface area contributed by atoms with Crippen LogP contribution < -0.4 is 10.6 Å². The van der Waals surface area contributed by atoms with E-state index in [0.29, 0.717) is 5.75 Å². The van der Waals surface area contributed by atoms with Crippen LogP contribution in [0.15, 0.2) is 102 Å². The minimum Gasteiger partial charge on any atom is -0.392 e. The average molecular weight is 714 g/mol. The Bertz CT molecular complexity index is 1660. The van der Waals surface area contributed by atoms with E-state index in [1.165, 1.54) is 6.92 Å². The molecule has 0 radical (unpaired) electrons. The monoisotopic (exact) mass is 712 g/mol. The number of nitrogens with one attached hydrogen (secondary N) is 2. The van der Waals surface area contributed by atoms with E-state index < -0.39 is 16.0 Å². The summed E-state index contributed by atoms with van der Waals surface area (Å²) < 4.78 is 11.2. The minimum absolute atomic E-state index is 0.0219. The molecule has 0 saturated carbocycles. The first-order chi connectivity index (χ1) is 22.5. The summed E-state index contributed by atoms with van der Waals surface area (Å²) in [6.45, 7) is 3.83. The quantitative estimate of drug-likeness (QED) is 0.113. The van der Waals surface area contributed by atoms with Crippen LogP contribution in [0.5, 0.6) is 0 Å². The predicted octanol–water partition coefficient (Wildman–Crippen LogP) is 8.37. The molecular formula is C36H35Cl3N2O5S. The number of anilines is 1. The second-order valence-electron chi connectivity index (χ2n) is 11.3. The molecule has 1 saturated heterocycles. The molecular weight excluding hydrogens is 679 g/mol. The number of carbonyl (C=O) groups excluding carboxylic acids is 2. The number of thioether (sulfide) groups is 1. The highest BCUT2D eigenvalue weighted by molar-refractivity contribution is 7.99. The second kappa shape index (κ2) is 15.9. The lowest BCUT2D eigenvalue weighted by Crippen LogP contribution is -2.38. The van der Waals surface area contributed by atoms with Crippen LogP contribution >= 0.6 is 46.6 Å². The molecule has 1 aliphatic heterocycles. The van der Waals surface area contributed by atoms with Gasteiger partial charge < -0.3 is 25.2 Å². The summed E-state index contributed by atoms with van der Waals surface area (Å²) in [6.07, 6.45) is -0.956. The molecule has 11 heteroatoms. The van der Waals surface area contributed by atoms with Gasteiger partial charge in [0.05, 0.1) is 18.8 Å². The van der Waals surface area contributed by atoms with Crippen LogP contribution in [0.1, 0.15) is 48.5 Å². The molecule has 1 heterocycles. The summed E-state index contributed by atoms with van der Waals surface area (Å²) in [4.78, 5) is 24.4. The highest BCUT2D eigenvalue weighted by Gasteiger charge is 2.38. The molecule has 7 nitrogen and oxygen atoms in total. The van der Waals surface area contributed by atoms with E-state index in [1.807, 2.05) is 97.1 Å². The third-order valence-corrected chi connectivity index (χ3v) is 9.48. The Labute approximate surface area is 293 Å². The average Bonchev–Trinajstić information content (AvgIpc) is 3.07. The van der Waals surface area contributed by atoms with Gasteiger partial charge in [-0.1, -0.05) is 108 Å². The predicted molar refractivity (Wildman–Crippen MR) is 188 cm³/mol. The van der Waals surface area contributed by atoms with Crippen LogP contribution in [0.2, 0.25) is 0 Å². The number of alkyl halides is 3. The maximum Gasteiger partial charge on any atom is 0.272 e. The van der Waals surface area contributed by atoms with Crippen LogP contribution in [0.3, 0.4) is 0 Å². The largest absolute Gasteiger partial charge is 0.392 e. The van der Waals surface area contributed by atoms with E-state index in [-0.39, 0.29) is 37.2 Å². The van der Waals surface area contributed by atoms with Crippen LogP contribution in [-0.2, 0) is 32.2 Å². The Kier molecular flexibility index (Phi) is 11.9. The van der Waals surface area contributed by atoms with E-state index in [2.05, 4.69) is 17.6 Å². The zero-order valence-electron chi connectivity index (χ0n) is 25.8. The first-order valence-electron chi connectivity index (χ1n) is 15.1. The fourth-order valence-electron chi connectivity index (χ4n) is 5.30. The van der Waals surface area contributed by atoms with Gasteiger partial charge in [0.1, 0.15) is 0 Å². The summed E-state index contributed by atoms with van der Waals surface area (Å²) in [5.74, 6) is -0.0466. The van der Waals surface area contributed by atoms with Crippen LogP contribution in [-0.4, -0.2) is 32.6 Å². The van der Waals surface area contributed by atoms with Crippen molar-refractivity contribution in [1.82, 2.24) is 5.32 Å². The topological polar surface area (TPSA) is 96.9 Å². The van der Waals surface area contributed by atoms with Gasteiger partial charge in [-0.3, -0.25) is 9.59 Å². The Hall–Kier alpha value is -3.08. The fraction of sp³-hybridized carbons (Fsp3) is 0.278. The number of carbonyl (C=O) groups is 2. The molecule has 47 heavy (non-hydrogen) atoms. The standard InChI is InChI=1S/C36H35Cl3N2O5S/c1-22-32(21-47-31-16-14-30(15-17-31)41-23(2)43)45-34(46-33(22)27-8-6-24(20-42)7-9-27)28-12-10-26(11-13-28)29-5-3-4-25(18-29)19-40-35(44)36(37,38)39/h3-18,22,32-34,42H,19-21H2,1-2H3,(H,40,44)(H,41,43)/t22-,32+,33+,34+/m0/s1. The van der Waals surface area contributed by atoms with Crippen molar-refractivity contribution in [1.29, 1.82) is 0 Å². The molecule has 1 aliphatic rings. The van der Waals surface area contributed by atoms with Gasteiger partial charge in [-0.05, 0) is 58.1 Å². The first-order valence-corrected chi connectivity index (χ1v) is 17.2. The highest BCUT2D eigenvalue weighted by Crippen LogP contribution is 2.43. The molecule has 0 aliphatic carbocycles. The van der Waals surface area contributed by atoms with Gasteiger partial charge in [0.25, 0.3) is 9.70 Å². The Morgan fingerprint density at radius 3 is 2.17 bits per heavy atom. The van der Waals surface area contributed by atoms with Gasteiger partial charge in [0, 0.05) is 41.3 Å². The van der Waals surface area contributed by atoms with Crippen molar-refractivity contribution in [2.45, 2.75) is 54.2 Å². The highest BCUT2D eigenvalue weighted by atomic mass is 35.6. The lowest BCUT2D eigenvalue weighted by Gasteiger charge is -2.41. The normalized spacial score (nSPS) is 19.6. The van der Waals surface area contributed by atoms with E-state index in [1.54, 1.807) is 11.8 Å². The Morgan fingerprint density at radius 1 is 0.851 bits per heavy atom. The number of hydrogen-bond acceptors (Lipinski definition) is 6. The van der Waals surface area contributed by atoms with E-state index >= 15 is 0 Å². The van der Waals surface area contributed by atoms with Gasteiger partial charge >= 0.3 is 0 Å². The number of aliphatic hydroxyl groups excluding tert-OH is 1. The molecule has 0 aromatic heterocycles. The van der Waals surface area contributed by atoms with Gasteiger partial charge in [0.2, 0.25) is 5.91 Å².